The first-order valence-corrected chi connectivity index (χ1v) is 8.24. The van der Waals surface area contributed by atoms with Gasteiger partial charge in [0, 0.05) is 38.3 Å². The van der Waals surface area contributed by atoms with Gasteiger partial charge in [0.05, 0.1) is 17.5 Å². The second kappa shape index (κ2) is 8.03. The first-order valence-electron chi connectivity index (χ1n) is 8.24. The lowest BCUT2D eigenvalue weighted by Gasteiger charge is -2.27. The summed E-state index contributed by atoms with van der Waals surface area (Å²) in [6.07, 6.45) is 2.42. The second-order valence-corrected chi connectivity index (χ2v) is 5.87. The van der Waals surface area contributed by atoms with Crippen molar-refractivity contribution < 1.29 is 9.18 Å². The molecule has 3 rings (SSSR count). The van der Waals surface area contributed by atoms with Crippen LogP contribution in [0.1, 0.15) is 16.8 Å². The molecule has 2 aromatic rings. The fourth-order valence-electron chi connectivity index (χ4n) is 2.83. The number of benzene rings is 1. The molecule has 0 radical (unpaired) electrons. The number of amides is 1. The molecule has 1 aromatic carbocycles. The van der Waals surface area contributed by atoms with E-state index in [0.717, 1.165) is 44.7 Å². The van der Waals surface area contributed by atoms with Crippen LogP contribution in [0.5, 0.6) is 0 Å². The molecule has 0 spiro atoms. The number of carbonyl (C=O) groups is 1. The molecule has 0 unspecified atom stereocenters. The van der Waals surface area contributed by atoms with Crippen LogP contribution in [0.15, 0.2) is 30.5 Å². The lowest BCUT2D eigenvalue weighted by atomic mass is 10.1. The number of aromatic amines is 1. The third-order valence-corrected chi connectivity index (χ3v) is 4.16. The van der Waals surface area contributed by atoms with Crippen molar-refractivity contribution in [1.29, 1.82) is 0 Å². The smallest absolute Gasteiger partial charge is 0.255 e. The molecule has 24 heavy (non-hydrogen) atoms. The molecule has 1 fully saturated rings. The number of nitrogens with zero attached hydrogens (tertiary/aromatic N) is 2. The van der Waals surface area contributed by atoms with Gasteiger partial charge in [0.25, 0.3) is 5.91 Å². The average molecular weight is 331 g/mol. The Kier molecular flexibility index (Phi) is 5.55. The first kappa shape index (κ1) is 16.6. The van der Waals surface area contributed by atoms with Crippen molar-refractivity contribution in [3.05, 3.63) is 41.8 Å². The van der Waals surface area contributed by atoms with Crippen LogP contribution in [-0.2, 0) is 0 Å². The summed E-state index contributed by atoms with van der Waals surface area (Å²) in [5.41, 5.74) is 1.82. The Hall–Kier alpha value is -2.25. The Labute approximate surface area is 140 Å². The SMILES string of the molecule is O=C(NCCCN1CCNCC1)c1cn[nH]c1-c1ccc(F)cc1. The quantitative estimate of drug-likeness (QED) is 0.697. The lowest BCUT2D eigenvalue weighted by Crippen LogP contribution is -2.44. The number of hydrogen-bond donors (Lipinski definition) is 3. The van der Waals surface area contributed by atoms with Crippen molar-refractivity contribution in [2.24, 2.45) is 0 Å². The highest BCUT2D eigenvalue weighted by Gasteiger charge is 2.15. The Morgan fingerprint density at radius 1 is 1.25 bits per heavy atom. The highest BCUT2D eigenvalue weighted by molar-refractivity contribution is 5.99. The van der Waals surface area contributed by atoms with Crippen LogP contribution in [0.4, 0.5) is 4.39 Å². The van der Waals surface area contributed by atoms with Gasteiger partial charge < -0.3 is 15.5 Å². The van der Waals surface area contributed by atoms with E-state index in [1.807, 2.05) is 0 Å². The van der Waals surface area contributed by atoms with Crippen molar-refractivity contribution in [3.8, 4) is 11.3 Å². The normalized spacial score (nSPS) is 15.4. The summed E-state index contributed by atoms with van der Waals surface area (Å²) in [7, 11) is 0. The summed E-state index contributed by atoms with van der Waals surface area (Å²) < 4.78 is 13.0. The predicted octanol–water partition coefficient (Wildman–Crippen LogP) is 1.24. The third kappa shape index (κ3) is 4.18. The Bertz CT molecular complexity index is 664. The molecule has 1 amide bonds. The maximum atomic E-state index is 13.0. The van der Waals surface area contributed by atoms with Crippen LogP contribution < -0.4 is 10.6 Å². The van der Waals surface area contributed by atoms with Gasteiger partial charge in [0.2, 0.25) is 0 Å². The van der Waals surface area contributed by atoms with Gasteiger partial charge in [-0.3, -0.25) is 9.89 Å². The minimum Gasteiger partial charge on any atom is -0.352 e. The van der Waals surface area contributed by atoms with Crippen molar-refractivity contribution in [1.82, 2.24) is 25.7 Å². The van der Waals surface area contributed by atoms with E-state index in [0.29, 0.717) is 17.8 Å². The molecular formula is C17H22FN5O. The van der Waals surface area contributed by atoms with Crippen LogP contribution >= 0.6 is 0 Å². The monoisotopic (exact) mass is 331 g/mol. The number of halogens is 1. The zero-order chi connectivity index (χ0) is 16.8. The number of aromatic nitrogens is 2. The second-order valence-electron chi connectivity index (χ2n) is 5.87. The number of carbonyl (C=O) groups excluding carboxylic acids is 1. The highest BCUT2D eigenvalue weighted by Crippen LogP contribution is 2.21. The maximum absolute atomic E-state index is 13.0. The van der Waals surface area contributed by atoms with Gasteiger partial charge in [-0.05, 0) is 37.2 Å². The Morgan fingerprint density at radius 2 is 2.00 bits per heavy atom. The molecule has 1 aliphatic rings. The minimum absolute atomic E-state index is 0.164. The molecule has 1 saturated heterocycles. The van der Waals surface area contributed by atoms with E-state index < -0.39 is 0 Å². The van der Waals surface area contributed by atoms with Crippen LogP contribution in [0.25, 0.3) is 11.3 Å². The van der Waals surface area contributed by atoms with Gasteiger partial charge in [-0.1, -0.05) is 0 Å². The molecular weight excluding hydrogens is 309 g/mol. The number of H-pyrrole nitrogens is 1. The van der Waals surface area contributed by atoms with Crippen LogP contribution in [-0.4, -0.2) is 60.3 Å². The van der Waals surface area contributed by atoms with E-state index >= 15 is 0 Å². The molecule has 0 aliphatic carbocycles. The lowest BCUT2D eigenvalue weighted by molar-refractivity contribution is 0.0952. The predicted molar refractivity (Wildman–Crippen MR) is 90.2 cm³/mol. The van der Waals surface area contributed by atoms with E-state index in [1.165, 1.54) is 18.3 Å². The molecule has 128 valence electrons. The summed E-state index contributed by atoms with van der Waals surface area (Å²) >= 11 is 0. The van der Waals surface area contributed by atoms with Gasteiger partial charge >= 0.3 is 0 Å². The van der Waals surface area contributed by atoms with E-state index in [2.05, 4.69) is 25.7 Å². The topological polar surface area (TPSA) is 73.1 Å². The van der Waals surface area contributed by atoms with Crippen LogP contribution in [0.2, 0.25) is 0 Å². The summed E-state index contributed by atoms with van der Waals surface area (Å²) in [6, 6.07) is 5.99. The van der Waals surface area contributed by atoms with Crippen molar-refractivity contribution >= 4 is 5.91 Å². The van der Waals surface area contributed by atoms with Gasteiger partial charge in [0.1, 0.15) is 5.82 Å². The summed E-state index contributed by atoms with van der Waals surface area (Å²) in [5, 5.41) is 13.0. The molecule has 6 nitrogen and oxygen atoms in total. The van der Waals surface area contributed by atoms with E-state index in [-0.39, 0.29) is 11.7 Å². The van der Waals surface area contributed by atoms with E-state index in [1.54, 1.807) is 12.1 Å². The molecule has 3 N–H and O–H groups in total. The molecule has 0 saturated carbocycles. The zero-order valence-corrected chi connectivity index (χ0v) is 13.5. The number of rotatable bonds is 6. The summed E-state index contributed by atoms with van der Waals surface area (Å²) in [4.78, 5) is 14.7. The first-order chi connectivity index (χ1) is 11.7. The molecule has 2 heterocycles. The largest absolute Gasteiger partial charge is 0.352 e. The standard InChI is InChI=1S/C17H22FN5O/c18-14-4-2-13(3-5-14)16-15(12-21-22-16)17(24)20-6-1-9-23-10-7-19-8-11-23/h2-5,12,19H,1,6-11H2,(H,20,24)(H,21,22). The fourth-order valence-corrected chi connectivity index (χ4v) is 2.83. The molecule has 0 bridgehead atoms. The molecule has 0 atom stereocenters. The van der Waals surface area contributed by atoms with Gasteiger partial charge in [-0.15, -0.1) is 0 Å². The highest BCUT2D eigenvalue weighted by atomic mass is 19.1. The van der Waals surface area contributed by atoms with Crippen molar-refractivity contribution in [2.45, 2.75) is 6.42 Å². The third-order valence-electron chi connectivity index (χ3n) is 4.16. The minimum atomic E-state index is -0.308. The van der Waals surface area contributed by atoms with E-state index in [4.69, 9.17) is 0 Å². The van der Waals surface area contributed by atoms with Crippen LogP contribution in [0.3, 0.4) is 0 Å². The Balaban J connectivity index is 1.52. The fraction of sp³-hybridized carbons (Fsp3) is 0.412. The zero-order valence-electron chi connectivity index (χ0n) is 13.5. The van der Waals surface area contributed by atoms with Gasteiger partial charge in [-0.25, -0.2) is 4.39 Å². The number of piperazine rings is 1. The van der Waals surface area contributed by atoms with Crippen molar-refractivity contribution in [2.75, 3.05) is 39.3 Å². The molecule has 1 aliphatic heterocycles. The average Bonchev–Trinajstić information content (AvgIpc) is 3.10. The molecule has 1 aromatic heterocycles. The van der Waals surface area contributed by atoms with Gasteiger partial charge in [-0.2, -0.15) is 5.10 Å². The number of nitrogens with one attached hydrogen (secondary N) is 3. The number of hydrogen-bond acceptors (Lipinski definition) is 4. The summed E-state index contributed by atoms with van der Waals surface area (Å²) in [5.74, 6) is -0.472. The van der Waals surface area contributed by atoms with Crippen LogP contribution in [0, 0.1) is 5.82 Å². The Morgan fingerprint density at radius 3 is 2.75 bits per heavy atom. The molecule has 7 heteroatoms. The summed E-state index contributed by atoms with van der Waals surface area (Å²) in [6.45, 7) is 5.79. The van der Waals surface area contributed by atoms with Crippen molar-refractivity contribution in [3.63, 3.8) is 0 Å². The van der Waals surface area contributed by atoms with E-state index in [9.17, 15) is 9.18 Å². The maximum Gasteiger partial charge on any atom is 0.255 e. The van der Waals surface area contributed by atoms with Gasteiger partial charge in [0.15, 0.2) is 0 Å².